The zero-order valence-electron chi connectivity index (χ0n) is 18.4. The second-order valence-corrected chi connectivity index (χ2v) is 8.87. The molecule has 0 radical (unpaired) electrons. The normalized spacial score (nSPS) is 17.0. The highest BCUT2D eigenvalue weighted by Gasteiger charge is 2.29. The highest BCUT2D eigenvalue weighted by atomic mass is 79.9. The van der Waals surface area contributed by atoms with Gasteiger partial charge in [-0.15, -0.1) is 0 Å². The second-order valence-electron chi connectivity index (χ2n) is 7.95. The van der Waals surface area contributed by atoms with Gasteiger partial charge in [0.25, 0.3) is 0 Å². The van der Waals surface area contributed by atoms with Gasteiger partial charge in [0, 0.05) is 29.9 Å². The highest BCUT2D eigenvalue weighted by molar-refractivity contribution is 9.10. The van der Waals surface area contributed by atoms with Gasteiger partial charge in [0.2, 0.25) is 5.43 Å². The molecule has 0 amide bonds. The smallest absolute Gasteiger partial charge is 0.223 e. The number of aliphatic hydroxyl groups excluding tert-OH is 1. The molecule has 0 saturated carbocycles. The van der Waals surface area contributed by atoms with E-state index in [1.165, 1.54) is 6.07 Å². The molecule has 0 spiro atoms. The van der Waals surface area contributed by atoms with E-state index in [1.807, 2.05) is 59.2 Å². The fourth-order valence-corrected chi connectivity index (χ4v) is 4.19. The van der Waals surface area contributed by atoms with Crippen molar-refractivity contribution in [3.63, 3.8) is 0 Å². The Morgan fingerprint density at radius 2 is 1.88 bits per heavy atom. The number of hydrogen-bond acceptors (Lipinski definition) is 5. The largest absolute Gasteiger partial charge is 0.483 e. The minimum Gasteiger partial charge on any atom is -0.483 e. The van der Waals surface area contributed by atoms with Crippen molar-refractivity contribution in [3.8, 4) is 5.75 Å². The van der Waals surface area contributed by atoms with Crippen LogP contribution in [0.2, 0.25) is 0 Å². The van der Waals surface area contributed by atoms with E-state index in [0.717, 1.165) is 34.9 Å². The van der Waals surface area contributed by atoms with Crippen molar-refractivity contribution < 1.29 is 19.3 Å². The molecule has 1 fully saturated rings. The number of aromatic nitrogens is 1. The van der Waals surface area contributed by atoms with Gasteiger partial charge in [-0.1, -0.05) is 58.4 Å². The van der Waals surface area contributed by atoms with Gasteiger partial charge in [0.05, 0.1) is 12.3 Å². The first-order valence-corrected chi connectivity index (χ1v) is 12.0. The average molecular weight is 514 g/mol. The van der Waals surface area contributed by atoms with Gasteiger partial charge in [-0.3, -0.25) is 4.79 Å². The molecule has 6 nitrogen and oxygen atoms in total. The van der Waals surface area contributed by atoms with Crippen LogP contribution in [0.3, 0.4) is 0 Å². The molecule has 2 unspecified atom stereocenters. The Balaban J connectivity index is 1.77. The van der Waals surface area contributed by atoms with E-state index >= 15 is 0 Å². The monoisotopic (exact) mass is 513 g/mol. The molecule has 2 heterocycles. The van der Waals surface area contributed by atoms with Crippen molar-refractivity contribution in [3.05, 3.63) is 98.4 Å². The van der Waals surface area contributed by atoms with Crippen LogP contribution in [0.1, 0.15) is 42.2 Å². The predicted molar refractivity (Wildman–Crippen MR) is 129 cm³/mol. The maximum atomic E-state index is 13.0. The molecule has 174 valence electrons. The summed E-state index contributed by atoms with van der Waals surface area (Å²) in [7, 11) is 0. The van der Waals surface area contributed by atoms with Crippen LogP contribution in [0.15, 0.2) is 76.1 Å². The lowest BCUT2D eigenvalue weighted by atomic mass is 10.0. The van der Waals surface area contributed by atoms with Gasteiger partial charge in [-0.2, -0.15) is 0 Å². The van der Waals surface area contributed by atoms with E-state index in [1.54, 1.807) is 6.20 Å². The van der Waals surface area contributed by atoms with Crippen molar-refractivity contribution in [2.45, 2.75) is 44.8 Å². The topological polar surface area (TPSA) is 69.9 Å². The number of benzene rings is 2. The molecule has 1 saturated heterocycles. The van der Waals surface area contributed by atoms with Gasteiger partial charge in [0.15, 0.2) is 12.0 Å². The van der Waals surface area contributed by atoms with Crippen LogP contribution in [0.25, 0.3) is 0 Å². The zero-order chi connectivity index (χ0) is 23.0. The number of rotatable bonds is 9. The van der Waals surface area contributed by atoms with Gasteiger partial charge >= 0.3 is 0 Å². The summed E-state index contributed by atoms with van der Waals surface area (Å²) in [6.07, 6.45) is 3.51. The molecular weight excluding hydrogens is 486 g/mol. The van der Waals surface area contributed by atoms with Gasteiger partial charge in [-0.25, -0.2) is 0 Å². The Morgan fingerprint density at radius 3 is 2.58 bits per heavy atom. The van der Waals surface area contributed by atoms with Gasteiger partial charge in [0.1, 0.15) is 12.7 Å². The molecule has 2 aromatic carbocycles. The fraction of sp³-hybridized carbons (Fsp3) is 0.346. The Labute approximate surface area is 201 Å². The first-order chi connectivity index (χ1) is 16.2. The molecule has 3 aromatic rings. The summed E-state index contributed by atoms with van der Waals surface area (Å²) in [5.74, 6) is 0.221. The molecule has 1 N–H and O–H groups in total. The lowest BCUT2D eigenvalue weighted by molar-refractivity contribution is -0.183. The van der Waals surface area contributed by atoms with E-state index in [2.05, 4.69) is 15.9 Å². The maximum absolute atomic E-state index is 13.0. The number of hydrogen-bond donors (Lipinski definition) is 1. The number of ether oxygens (including phenoxy) is 3. The Kier molecular flexibility index (Phi) is 8.34. The van der Waals surface area contributed by atoms with Crippen molar-refractivity contribution in [2.24, 2.45) is 0 Å². The van der Waals surface area contributed by atoms with Gasteiger partial charge < -0.3 is 23.9 Å². The van der Waals surface area contributed by atoms with E-state index in [9.17, 15) is 9.90 Å². The van der Waals surface area contributed by atoms with E-state index in [-0.39, 0.29) is 30.7 Å². The highest BCUT2D eigenvalue weighted by Crippen LogP contribution is 2.35. The van der Waals surface area contributed by atoms with Crippen molar-refractivity contribution in [1.29, 1.82) is 0 Å². The van der Waals surface area contributed by atoms with Crippen molar-refractivity contribution in [2.75, 3.05) is 13.2 Å². The molecule has 1 aromatic heterocycles. The van der Waals surface area contributed by atoms with E-state index in [4.69, 9.17) is 14.2 Å². The second kappa shape index (κ2) is 11.6. The lowest BCUT2D eigenvalue weighted by Crippen LogP contribution is -2.28. The first kappa shape index (κ1) is 23.7. The summed E-state index contributed by atoms with van der Waals surface area (Å²) in [5, 5.41) is 9.71. The molecule has 1 aliphatic rings. The third-order valence-corrected chi connectivity index (χ3v) is 6.11. The van der Waals surface area contributed by atoms with E-state index < -0.39 is 6.10 Å². The summed E-state index contributed by atoms with van der Waals surface area (Å²) >= 11 is 3.49. The predicted octanol–water partition coefficient (Wildman–Crippen LogP) is 4.81. The number of nitrogens with zero attached hydrogens (tertiary/aromatic N) is 1. The van der Waals surface area contributed by atoms with Gasteiger partial charge in [-0.05, 0) is 42.5 Å². The number of aliphatic hydroxyl groups is 1. The molecular formula is C26H28BrNO5. The summed E-state index contributed by atoms with van der Waals surface area (Å²) in [4.78, 5) is 13.0. The van der Waals surface area contributed by atoms with Crippen LogP contribution < -0.4 is 10.2 Å². The van der Waals surface area contributed by atoms with E-state index in [0.29, 0.717) is 18.8 Å². The Bertz CT molecular complexity index is 1080. The van der Waals surface area contributed by atoms with Crippen molar-refractivity contribution >= 4 is 15.9 Å². The van der Waals surface area contributed by atoms with Crippen LogP contribution in [0.5, 0.6) is 5.75 Å². The fourth-order valence-electron chi connectivity index (χ4n) is 3.93. The summed E-state index contributed by atoms with van der Waals surface area (Å²) in [5.41, 5.74) is 2.17. The summed E-state index contributed by atoms with van der Waals surface area (Å²) in [6, 6.07) is 19.0. The molecule has 1 aliphatic heterocycles. The van der Waals surface area contributed by atoms with Crippen LogP contribution in [0.4, 0.5) is 0 Å². The number of halogens is 1. The van der Waals surface area contributed by atoms with Crippen LogP contribution in [-0.4, -0.2) is 29.2 Å². The Hall–Kier alpha value is -2.45. The van der Waals surface area contributed by atoms with Crippen LogP contribution >= 0.6 is 15.9 Å². The average Bonchev–Trinajstić information content (AvgIpc) is 2.85. The summed E-state index contributed by atoms with van der Waals surface area (Å²) < 4.78 is 21.2. The quantitative estimate of drug-likeness (QED) is 0.444. The third kappa shape index (κ3) is 6.12. The Morgan fingerprint density at radius 1 is 1.09 bits per heavy atom. The SMILES string of the molecule is O=c1ccn(CCO)c(C(OC2CCCCO2)c2ccc(Br)cc2)c1OCc1ccccc1. The molecule has 33 heavy (non-hydrogen) atoms. The minimum absolute atomic E-state index is 0.0824. The molecule has 4 rings (SSSR count). The minimum atomic E-state index is -0.604. The van der Waals surface area contributed by atoms with Crippen LogP contribution in [-0.2, 0) is 22.6 Å². The molecule has 0 bridgehead atoms. The first-order valence-electron chi connectivity index (χ1n) is 11.2. The molecule has 2 atom stereocenters. The van der Waals surface area contributed by atoms with Crippen LogP contribution in [0, 0.1) is 0 Å². The zero-order valence-corrected chi connectivity index (χ0v) is 19.9. The van der Waals surface area contributed by atoms with Crippen molar-refractivity contribution in [1.82, 2.24) is 4.57 Å². The lowest BCUT2D eigenvalue weighted by Gasteiger charge is -2.30. The molecule has 7 heteroatoms. The molecule has 0 aliphatic carbocycles. The standard InChI is InChI=1S/C26H28BrNO5/c27-21-11-9-20(10-12-21)25(33-23-8-4-5-17-31-23)24-26(22(30)13-14-28(24)15-16-29)32-18-19-6-2-1-3-7-19/h1-3,6-7,9-14,23,25,29H,4-5,8,15-18H2. The summed E-state index contributed by atoms with van der Waals surface area (Å²) in [6.45, 7) is 1.12. The maximum Gasteiger partial charge on any atom is 0.223 e. The number of pyridine rings is 1. The third-order valence-electron chi connectivity index (χ3n) is 5.59.